The van der Waals surface area contributed by atoms with Crippen LogP contribution in [-0.4, -0.2) is 18.5 Å². The van der Waals surface area contributed by atoms with E-state index in [1.807, 2.05) is 13.8 Å². The van der Waals surface area contributed by atoms with Crippen LogP contribution in [-0.2, 0) is 4.74 Å². The summed E-state index contributed by atoms with van der Waals surface area (Å²) in [6.45, 7) is 4.51. The molecule has 0 saturated heterocycles. The van der Waals surface area contributed by atoms with Crippen LogP contribution in [0.4, 0.5) is 0 Å². The predicted molar refractivity (Wildman–Crippen MR) is 64.0 cm³/mol. The van der Waals surface area contributed by atoms with Gasteiger partial charge in [0.25, 0.3) is 0 Å². The lowest BCUT2D eigenvalue weighted by molar-refractivity contribution is 0.0427. The van der Waals surface area contributed by atoms with Crippen LogP contribution < -0.4 is 0 Å². The summed E-state index contributed by atoms with van der Waals surface area (Å²) in [6.07, 6.45) is 1.40. The molecule has 0 radical (unpaired) electrons. The third-order valence-corrected chi connectivity index (χ3v) is 3.27. The highest BCUT2D eigenvalue weighted by Gasteiger charge is 2.20. The van der Waals surface area contributed by atoms with Gasteiger partial charge in [-0.05, 0) is 25.5 Å². The van der Waals surface area contributed by atoms with Gasteiger partial charge in [0.05, 0.1) is 9.21 Å². The van der Waals surface area contributed by atoms with Crippen molar-refractivity contribution in [3.8, 4) is 0 Å². The second-order valence-corrected chi connectivity index (χ2v) is 4.92. The fourth-order valence-corrected chi connectivity index (χ4v) is 2.39. The maximum absolute atomic E-state index is 12.0. The lowest BCUT2D eigenvalue weighted by Gasteiger charge is -2.13. The quantitative estimate of drug-likeness (QED) is 0.714. The molecule has 1 heterocycles. The SMILES string of the molecule is CCCC(OCC)C(=O)c1ccc(Cl)s1. The summed E-state index contributed by atoms with van der Waals surface area (Å²) in [7, 11) is 0. The fraction of sp³-hybridized carbons (Fsp3) is 0.545. The van der Waals surface area contributed by atoms with Crippen molar-refractivity contribution in [3.63, 3.8) is 0 Å². The van der Waals surface area contributed by atoms with Crippen LogP contribution in [0, 0.1) is 0 Å². The van der Waals surface area contributed by atoms with E-state index in [1.165, 1.54) is 11.3 Å². The number of hydrogen-bond acceptors (Lipinski definition) is 3. The molecule has 84 valence electrons. The first-order valence-corrected chi connectivity index (χ1v) is 6.29. The minimum Gasteiger partial charge on any atom is -0.370 e. The highest BCUT2D eigenvalue weighted by Crippen LogP contribution is 2.24. The van der Waals surface area contributed by atoms with Crippen molar-refractivity contribution in [2.45, 2.75) is 32.8 Å². The van der Waals surface area contributed by atoms with E-state index in [-0.39, 0.29) is 11.9 Å². The molecule has 1 aromatic heterocycles. The highest BCUT2D eigenvalue weighted by atomic mass is 35.5. The Kier molecular flexibility index (Phi) is 5.29. The molecule has 4 heteroatoms. The van der Waals surface area contributed by atoms with E-state index in [0.717, 1.165) is 12.8 Å². The minimum atomic E-state index is -0.310. The van der Waals surface area contributed by atoms with Crippen molar-refractivity contribution < 1.29 is 9.53 Å². The zero-order valence-electron chi connectivity index (χ0n) is 8.96. The standard InChI is InChI=1S/C11H15ClO2S/c1-3-5-8(14-4-2)11(13)9-6-7-10(12)15-9/h6-8H,3-5H2,1-2H3. The Morgan fingerprint density at radius 1 is 1.53 bits per heavy atom. The lowest BCUT2D eigenvalue weighted by Crippen LogP contribution is -2.23. The summed E-state index contributed by atoms with van der Waals surface area (Å²) in [5, 5.41) is 0. The Morgan fingerprint density at radius 3 is 2.73 bits per heavy atom. The summed E-state index contributed by atoms with van der Waals surface area (Å²) < 4.78 is 6.07. The van der Waals surface area contributed by atoms with Crippen molar-refractivity contribution in [3.05, 3.63) is 21.3 Å². The molecule has 0 fully saturated rings. The average molecular weight is 247 g/mol. The van der Waals surface area contributed by atoms with Crippen LogP contribution in [0.5, 0.6) is 0 Å². The van der Waals surface area contributed by atoms with Gasteiger partial charge in [-0.15, -0.1) is 11.3 Å². The molecule has 0 aliphatic rings. The lowest BCUT2D eigenvalue weighted by atomic mass is 10.1. The van der Waals surface area contributed by atoms with Crippen molar-refractivity contribution >= 4 is 28.7 Å². The highest BCUT2D eigenvalue weighted by molar-refractivity contribution is 7.18. The molecule has 1 atom stereocenters. The summed E-state index contributed by atoms with van der Waals surface area (Å²) >= 11 is 7.10. The molecule has 0 spiro atoms. The molecule has 0 aliphatic carbocycles. The number of rotatable bonds is 6. The molecule has 2 nitrogen and oxygen atoms in total. The first kappa shape index (κ1) is 12.7. The number of ketones is 1. The van der Waals surface area contributed by atoms with Gasteiger partial charge in [-0.1, -0.05) is 24.9 Å². The number of halogens is 1. The van der Waals surface area contributed by atoms with E-state index in [0.29, 0.717) is 15.8 Å². The molecule has 0 aromatic carbocycles. The van der Waals surface area contributed by atoms with Gasteiger partial charge in [0.2, 0.25) is 5.78 Å². The summed E-state index contributed by atoms with van der Waals surface area (Å²) in [4.78, 5) is 12.7. The van der Waals surface area contributed by atoms with E-state index in [2.05, 4.69) is 0 Å². The van der Waals surface area contributed by atoms with Crippen molar-refractivity contribution in [2.24, 2.45) is 0 Å². The third-order valence-electron chi connectivity index (χ3n) is 2.03. The van der Waals surface area contributed by atoms with Gasteiger partial charge >= 0.3 is 0 Å². The van der Waals surface area contributed by atoms with Crippen LogP contribution in [0.25, 0.3) is 0 Å². The second kappa shape index (κ2) is 6.26. The predicted octanol–water partition coefficient (Wildman–Crippen LogP) is 3.79. The molecule has 1 rings (SSSR count). The van der Waals surface area contributed by atoms with Crippen LogP contribution in [0.2, 0.25) is 4.34 Å². The average Bonchev–Trinajstić information content (AvgIpc) is 2.63. The third kappa shape index (κ3) is 3.59. The normalized spacial score (nSPS) is 12.7. The van der Waals surface area contributed by atoms with Gasteiger partial charge in [0.15, 0.2) is 0 Å². The van der Waals surface area contributed by atoms with Gasteiger partial charge in [-0.3, -0.25) is 4.79 Å². The zero-order chi connectivity index (χ0) is 11.3. The monoisotopic (exact) mass is 246 g/mol. The molecule has 0 amide bonds. The summed E-state index contributed by atoms with van der Waals surface area (Å²) in [6, 6.07) is 3.51. The Bertz CT molecular complexity index is 316. The number of carbonyl (C=O) groups excluding carboxylic acids is 1. The summed E-state index contributed by atoms with van der Waals surface area (Å²) in [5.74, 6) is 0.0515. The molecule has 0 bridgehead atoms. The van der Waals surface area contributed by atoms with Crippen molar-refractivity contribution in [1.82, 2.24) is 0 Å². The van der Waals surface area contributed by atoms with E-state index in [1.54, 1.807) is 12.1 Å². The first-order valence-electron chi connectivity index (χ1n) is 5.10. The molecule has 15 heavy (non-hydrogen) atoms. The second-order valence-electron chi connectivity index (χ2n) is 3.20. The van der Waals surface area contributed by atoms with Crippen molar-refractivity contribution in [1.29, 1.82) is 0 Å². The van der Waals surface area contributed by atoms with E-state index in [4.69, 9.17) is 16.3 Å². The fourth-order valence-electron chi connectivity index (χ4n) is 1.36. The van der Waals surface area contributed by atoms with E-state index < -0.39 is 0 Å². The maximum atomic E-state index is 12.0. The minimum absolute atomic E-state index is 0.0515. The van der Waals surface area contributed by atoms with Crippen LogP contribution >= 0.6 is 22.9 Å². The largest absolute Gasteiger partial charge is 0.370 e. The maximum Gasteiger partial charge on any atom is 0.201 e. The van der Waals surface area contributed by atoms with E-state index >= 15 is 0 Å². The van der Waals surface area contributed by atoms with Gasteiger partial charge in [0, 0.05) is 6.61 Å². The number of ether oxygens (including phenoxy) is 1. The number of thiophene rings is 1. The van der Waals surface area contributed by atoms with Crippen LogP contribution in [0.15, 0.2) is 12.1 Å². The van der Waals surface area contributed by atoms with Crippen LogP contribution in [0.1, 0.15) is 36.4 Å². The number of Topliss-reactive ketones (excluding diaryl/α,β-unsaturated/α-hetero) is 1. The number of carbonyl (C=O) groups is 1. The molecular weight excluding hydrogens is 232 g/mol. The molecule has 1 unspecified atom stereocenters. The number of hydrogen-bond donors (Lipinski definition) is 0. The van der Waals surface area contributed by atoms with Crippen LogP contribution in [0.3, 0.4) is 0 Å². The molecule has 0 N–H and O–H groups in total. The molecular formula is C11H15ClO2S. The molecule has 1 aromatic rings. The summed E-state index contributed by atoms with van der Waals surface area (Å²) in [5.41, 5.74) is 0. The molecule has 0 saturated carbocycles. The van der Waals surface area contributed by atoms with Gasteiger partial charge in [-0.2, -0.15) is 0 Å². The Balaban J connectivity index is 2.71. The Hall–Kier alpha value is -0.380. The smallest absolute Gasteiger partial charge is 0.201 e. The van der Waals surface area contributed by atoms with Gasteiger partial charge < -0.3 is 4.74 Å². The Labute approximate surface area is 99.2 Å². The first-order chi connectivity index (χ1) is 7.19. The van der Waals surface area contributed by atoms with E-state index in [9.17, 15) is 4.79 Å². The van der Waals surface area contributed by atoms with Gasteiger partial charge in [0.1, 0.15) is 6.10 Å². The Morgan fingerprint density at radius 2 is 2.27 bits per heavy atom. The zero-order valence-corrected chi connectivity index (χ0v) is 10.5. The van der Waals surface area contributed by atoms with Gasteiger partial charge in [-0.25, -0.2) is 0 Å². The topological polar surface area (TPSA) is 26.3 Å². The van der Waals surface area contributed by atoms with Crippen molar-refractivity contribution in [2.75, 3.05) is 6.61 Å². The molecule has 0 aliphatic heterocycles.